The predicted molar refractivity (Wildman–Crippen MR) is 94.5 cm³/mol. The molecule has 0 aliphatic carbocycles. The van der Waals surface area contributed by atoms with E-state index in [1.54, 1.807) is 12.1 Å². The second-order valence-corrected chi connectivity index (χ2v) is 7.32. The Hall–Kier alpha value is -1.79. The molecule has 1 N–H and O–H groups in total. The van der Waals surface area contributed by atoms with E-state index < -0.39 is 0 Å². The van der Waals surface area contributed by atoms with Gasteiger partial charge in [-0.25, -0.2) is 9.37 Å². The fourth-order valence-corrected chi connectivity index (χ4v) is 3.60. The number of hydrogen-bond acceptors (Lipinski definition) is 4. The lowest BCUT2D eigenvalue weighted by atomic mass is 9.99. The number of likely N-dealkylation sites (tertiary alicyclic amines) is 1. The minimum atomic E-state index is -0.326. The van der Waals surface area contributed by atoms with Crippen molar-refractivity contribution in [3.05, 3.63) is 46.7 Å². The second-order valence-electron chi connectivity index (χ2n) is 6.46. The third-order valence-corrected chi connectivity index (χ3v) is 5.12. The van der Waals surface area contributed by atoms with Gasteiger partial charge in [0.15, 0.2) is 5.13 Å². The van der Waals surface area contributed by atoms with Gasteiger partial charge < -0.3 is 5.32 Å². The van der Waals surface area contributed by atoms with Crippen LogP contribution in [0.3, 0.4) is 0 Å². The molecule has 2 aromatic rings. The van der Waals surface area contributed by atoms with E-state index in [1.807, 2.05) is 5.38 Å². The summed E-state index contributed by atoms with van der Waals surface area (Å²) in [6.07, 6.45) is 2.62. The number of halogens is 1. The van der Waals surface area contributed by atoms with Crippen molar-refractivity contribution >= 4 is 22.4 Å². The summed E-state index contributed by atoms with van der Waals surface area (Å²) in [5.41, 5.74) is 1.65. The monoisotopic (exact) mass is 347 g/mol. The maximum atomic E-state index is 13.1. The number of nitrogens with one attached hydrogen (secondary N) is 1. The molecule has 0 saturated carbocycles. The summed E-state index contributed by atoms with van der Waals surface area (Å²) in [6, 6.07) is 6.10. The fourth-order valence-electron chi connectivity index (χ4n) is 2.88. The van der Waals surface area contributed by atoms with Crippen molar-refractivity contribution in [1.29, 1.82) is 0 Å². The van der Waals surface area contributed by atoms with E-state index in [4.69, 9.17) is 0 Å². The van der Waals surface area contributed by atoms with Crippen molar-refractivity contribution in [1.82, 2.24) is 9.88 Å². The van der Waals surface area contributed by atoms with Gasteiger partial charge in [0.2, 0.25) is 5.91 Å². The quantitative estimate of drug-likeness (QED) is 0.897. The molecule has 2 heterocycles. The highest BCUT2D eigenvalue weighted by Gasteiger charge is 2.17. The number of piperidine rings is 1. The highest BCUT2D eigenvalue weighted by atomic mass is 32.1. The Labute approximate surface area is 145 Å². The van der Waals surface area contributed by atoms with Crippen molar-refractivity contribution in [2.75, 3.05) is 18.4 Å². The van der Waals surface area contributed by atoms with Gasteiger partial charge in [-0.15, -0.1) is 11.3 Å². The Morgan fingerprint density at radius 2 is 2.21 bits per heavy atom. The summed E-state index contributed by atoms with van der Waals surface area (Å²) in [5, 5.41) is 5.41. The van der Waals surface area contributed by atoms with Gasteiger partial charge in [0.25, 0.3) is 0 Å². The molecule has 128 valence electrons. The van der Waals surface area contributed by atoms with Gasteiger partial charge in [0, 0.05) is 11.9 Å². The molecule has 4 nitrogen and oxygen atoms in total. The number of rotatable bonds is 5. The van der Waals surface area contributed by atoms with Crippen LogP contribution in [-0.4, -0.2) is 28.9 Å². The maximum absolute atomic E-state index is 13.1. The lowest BCUT2D eigenvalue weighted by molar-refractivity contribution is -0.115. The Bertz CT molecular complexity index is 695. The number of benzene rings is 1. The molecule has 0 unspecified atom stereocenters. The highest BCUT2D eigenvalue weighted by molar-refractivity contribution is 7.13. The van der Waals surface area contributed by atoms with Crippen LogP contribution in [0.15, 0.2) is 29.6 Å². The summed E-state index contributed by atoms with van der Waals surface area (Å²) in [7, 11) is 0. The van der Waals surface area contributed by atoms with Gasteiger partial charge in [-0.3, -0.25) is 9.69 Å². The van der Waals surface area contributed by atoms with Crippen molar-refractivity contribution in [2.24, 2.45) is 5.92 Å². The molecule has 1 fully saturated rings. The van der Waals surface area contributed by atoms with Crippen LogP contribution in [0, 0.1) is 11.7 Å². The molecule has 1 aliphatic heterocycles. The maximum Gasteiger partial charge on any atom is 0.230 e. The molecule has 0 bridgehead atoms. The minimum Gasteiger partial charge on any atom is -0.302 e. The number of amides is 1. The molecule has 0 atom stereocenters. The topological polar surface area (TPSA) is 45.2 Å². The second kappa shape index (κ2) is 7.85. The minimum absolute atomic E-state index is 0.149. The molecular formula is C18H22FN3OS. The Balaban J connectivity index is 1.51. The first kappa shape index (κ1) is 17.0. The highest BCUT2D eigenvalue weighted by Crippen LogP contribution is 2.21. The first-order valence-corrected chi connectivity index (χ1v) is 9.17. The molecule has 1 saturated heterocycles. The van der Waals surface area contributed by atoms with Crippen LogP contribution in [-0.2, 0) is 17.8 Å². The summed E-state index contributed by atoms with van der Waals surface area (Å²) in [4.78, 5) is 19.0. The van der Waals surface area contributed by atoms with Crippen molar-refractivity contribution in [3.63, 3.8) is 0 Å². The van der Waals surface area contributed by atoms with Gasteiger partial charge in [-0.05, 0) is 49.5 Å². The lowest BCUT2D eigenvalue weighted by Gasteiger charge is -2.29. The smallest absolute Gasteiger partial charge is 0.230 e. The first-order chi connectivity index (χ1) is 11.6. The van der Waals surface area contributed by atoms with Crippen molar-refractivity contribution in [3.8, 4) is 0 Å². The van der Waals surface area contributed by atoms with Crippen molar-refractivity contribution in [2.45, 2.75) is 32.7 Å². The molecule has 1 aliphatic rings. The zero-order chi connectivity index (χ0) is 16.9. The van der Waals surface area contributed by atoms with E-state index in [2.05, 4.69) is 22.1 Å². The van der Waals surface area contributed by atoms with Crippen LogP contribution < -0.4 is 5.32 Å². The molecule has 0 spiro atoms. The number of hydrogen-bond donors (Lipinski definition) is 1. The average molecular weight is 347 g/mol. The third-order valence-electron chi connectivity index (χ3n) is 4.31. The van der Waals surface area contributed by atoms with E-state index in [0.29, 0.717) is 10.7 Å². The van der Waals surface area contributed by atoms with Crippen LogP contribution in [0.4, 0.5) is 9.52 Å². The summed E-state index contributed by atoms with van der Waals surface area (Å²) >= 11 is 1.44. The average Bonchev–Trinajstić information content (AvgIpc) is 2.96. The molecule has 24 heavy (non-hydrogen) atoms. The molecule has 3 rings (SSSR count). The van der Waals surface area contributed by atoms with E-state index in [1.165, 1.54) is 36.3 Å². The third kappa shape index (κ3) is 4.85. The summed E-state index contributed by atoms with van der Waals surface area (Å²) in [5.74, 6) is 0.315. The zero-order valence-electron chi connectivity index (χ0n) is 13.8. The van der Waals surface area contributed by atoms with Crippen LogP contribution in [0.25, 0.3) is 0 Å². The number of carbonyl (C=O) groups is 1. The molecule has 1 amide bonds. The number of carbonyl (C=O) groups excluding carboxylic acids is 1. The van der Waals surface area contributed by atoms with Gasteiger partial charge >= 0.3 is 0 Å². The Morgan fingerprint density at radius 3 is 2.96 bits per heavy atom. The zero-order valence-corrected chi connectivity index (χ0v) is 14.6. The summed E-state index contributed by atoms with van der Waals surface area (Å²) in [6.45, 7) is 5.36. The Kier molecular flexibility index (Phi) is 5.58. The van der Waals surface area contributed by atoms with Crippen LogP contribution >= 0.6 is 11.3 Å². The van der Waals surface area contributed by atoms with Gasteiger partial charge in [0.05, 0.1) is 12.1 Å². The molecule has 0 radical (unpaired) electrons. The lowest BCUT2D eigenvalue weighted by Crippen LogP contribution is -2.32. The molecule has 1 aromatic heterocycles. The normalized spacial score (nSPS) is 16.2. The first-order valence-electron chi connectivity index (χ1n) is 8.29. The Morgan fingerprint density at radius 1 is 1.42 bits per heavy atom. The van der Waals surface area contributed by atoms with E-state index in [-0.39, 0.29) is 18.1 Å². The number of nitrogens with zero attached hydrogens (tertiary/aromatic N) is 2. The van der Waals surface area contributed by atoms with Gasteiger partial charge in [0.1, 0.15) is 5.82 Å². The molecule has 1 aromatic carbocycles. The summed E-state index contributed by atoms with van der Waals surface area (Å²) < 4.78 is 13.1. The molecular weight excluding hydrogens is 325 g/mol. The van der Waals surface area contributed by atoms with Gasteiger partial charge in [-0.1, -0.05) is 19.1 Å². The largest absolute Gasteiger partial charge is 0.302 e. The predicted octanol–water partition coefficient (Wildman–Crippen LogP) is 3.70. The van der Waals surface area contributed by atoms with E-state index in [0.717, 1.165) is 31.2 Å². The van der Waals surface area contributed by atoms with E-state index in [9.17, 15) is 9.18 Å². The van der Waals surface area contributed by atoms with E-state index >= 15 is 0 Å². The van der Waals surface area contributed by atoms with Crippen LogP contribution in [0.1, 0.15) is 31.0 Å². The van der Waals surface area contributed by atoms with Crippen molar-refractivity contribution < 1.29 is 9.18 Å². The number of anilines is 1. The fraction of sp³-hybridized carbons (Fsp3) is 0.444. The number of thiazole rings is 1. The molecule has 6 heteroatoms. The number of aromatic nitrogens is 1. The van der Waals surface area contributed by atoms with Crippen LogP contribution in [0.5, 0.6) is 0 Å². The standard InChI is InChI=1S/C18H22FN3OS/c1-13-5-7-22(8-6-13)11-16-12-24-18(20-16)21-17(23)10-14-3-2-4-15(19)9-14/h2-4,9,12-13H,5-8,10-11H2,1H3,(H,20,21,23). The van der Waals surface area contributed by atoms with Crippen LogP contribution in [0.2, 0.25) is 0 Å². The van der Waals surface area contributed by atoms with Gasteiger partial charge in [-0.2, -0.15) is 0 Å². The SMILES string of the molecule is CC1CCN(Cc2csc(NC(=O)Cc3cccc(F)c3)n2)CC1.